The van der Waals surface area contributed by atoms with Gasteiger partial charge in [0, 0.05) is 25.5 Å². The maximum Gasteiger partial charge on any atom is 0.416 e. The van der Waals surface area contributed by atoms with E-state index in [0.29, 0.717) is 11.5 Å². The van der Waals surface area contributed by atoms with Crippen LogP contribution in [0.5, 0.6) is 0 Å². The van der Waals surface area contributed by atoms with Crippen molar-refractivity contribution in [3.8, 4) is 0 Å². The summed E-state index contributed by atoms with van der Waals surface area (Å²) in [6.07, 6.45) is -1.54. The highest BCUT2D eigenvalue weighted by Crippen LogP contribution is 2.33. The van der Waals surface area contributed by atoms with E-state index in [1.807, 2.05) is 6.92 Å². The van der Waals surface area contributed by atoms with E-state index in [1.54, 1.807) is 19.2 Å². The van der Waals surface area contributed by atoms with Crippen molar-refractivity contribution in [1.29, 1.82) is 0 Å². The van der Waals surface area contributed by atoms with Crippen LogP contribution in [-0.2, 0) is 6.18 Å². The largest absolute Gasteiger partial charge is 0.416 e. The zero-order valence-electron chi connectivity index (χ0n) is 17.1. The van der Waals surface area contributed by atoms with Crippen LogP contribution in [0.15, 0.2) is 48.8 Å². The van der Waals surface area contributed by atoms with Crippen LogP contribution in [0, 0.1) is 0 Å². The monoisotopic (exact) mass is 444 g/mol. The lowest BCUT2D eigenvalue weighted by atomic mass is 10.1. The van der Waals surface area contributed by atoms with Gasteiger partial charge in [0.1, 0.15) is 5.82 Å². The molecule has 1 aliphatic heterocycles. The van der Waals surface area contributed by atoms with Crippen LogP contribution in [0.1, 0.15) is 39.4 Å². The molecule has 0 fully saturated rings. The van der Waals surface area contributed by atoms with E-state index in [1.165, 1.54) is 34.1 Å². The van der Waals surface area contributed by atoms with E-state index >= 15 is 0 Å². The molecular weight excluding hydrogens is 425 g/mol. The molecule has 0 radical (unpaired) electrons. The summed E-state index contributed by atoms with van der Waals surface area (Å²) in [7, 11) is 1.63. The second-order valence-electron chi connectivity index (χ2n) is 7.26. The van der Waals surface area contributed by atoms with Gasteiger partial charge in [-0.05, 0) is 43.3 Å². The first-order chi connectivity index (χ1) is 15.2. The van der Waals surface area contributed by atoms with E-state index in [0.717, 1.165) is 12.1 Å². The highest BCUT2D eigenvalue weighted by atomic mass is 19.4. The van der Waals surface area contributed by atoms with E-state index in [-0.39, 0.29) is 29.5 Å². The molecule has 0 saturated carbocycles. The molecule has 0 saturated heterocycles. The number of rotatable bonds is 4. The Morgan fingerprint density at radius 2 is 1.91 bits per heavy atom. The Kier molecular flexibility index (Phi) is 5.33. The number of halogens is 3. The van der Waals surface area contributed by atoms with E-state index in [9.17, 15) is 22.8 Å². The number of amides is 2. The molecule has 0 unspecified atom stereocenters. The molecule has 166 valence electrons. The number of carbonyl (C=O) groups is 2. The number of hydrogen-bond donors (Lipinski definition) is 2. The summed E-state index contributed by atoms with van der Waals surface area (Å²) >= 11 is 0. The molecule has 32 heavy (non-hydrogen) atoms. The van der Waals surface area contributed by atoms with Gasteiger partial charge in [0.05, 0.1) is 29.1 Å². The van der Waals surface area contributed by atoms with Crippen LogP contribution in [0.4, 0.5) is 30.4 Å². The van der Waals surface area contributed by atoms with Crippen molar-refractivity contribution in [2.24, 2.45) is 0 Å². The summed E-state index contributed by atoms with van der Waals surface area (Å²) in [5.41, 5.74) is 0.157. The van der Waals surface area contributed by atoms with Crippen molar-refractivity contribution in [1.82, 2.24) is 14.8 Å². The Bertz CT molecular complexity index is 1170. The van der Waals surface area contributed by atoms with Crippen LogP contribution in [0.25, 0.3) is 0 Å². The third-order valence-corrected chi connectivity index (χ3v) is 5.15. The number of benzene rings is 1. The third kappa shape index (κ3) is 3.77. The number of pyridine rings is 1. The first kappa shape index (κ1) is 21.3. The van der Waals surface area contributed by atoms with Gasteiger partial charge in [-0.1, -0.05) is 0 Å². The zero-order chi connectivity index (χ0) is 23.0. The van der Waals surface area contributed by atoms with Gasteiger partial charge < -0.3 is 15.5 Å². The lowest BCUT2D eigenvalue weighted by molar-refractivity contribution is -0.137. The lowest BCUT2D eigenvalue weighted by Crippen LogP contribution is -2.43. The van der Waals surface area contributed by atoms with Crippen molar-refractivity contribution >= 4 is 29.0 Å². The minimum Gasteiger partial charge on any atom is -0.372 e. The molecule has 8 nitrogen and oxygen atoms in total. The molecule has 2 N–H and O–H groups in total. The van der Waals surface area contributed by atoms with Gasteiger partial charge in [-0.15, -0.1) is 0 Å². The second kappa shape index (κ2) is 7.98. The van der Waals surface area contributed by atoms with Gasteiger partial charge in [-0.2, -0.15) is 18.3 Å². The molecule has 3 heterocycles. The number of nitrogens with zero attached hydrogens (tertiary/aromatic N) is 4. The lowest BCUT2D eigenvalue weighted by Gasteiger charge is -2.32. The Morgan fingerprint density at radius 3 is 2.56 bits per heavy atom. The van der Waals surface area contributed by atoms with E-state index in [2.05, 4.69) is 20.7 Å². The number of alkyl halides is 3. The van der Waals surface area contributed by atoms with Crippen molar-refractivity contribution in [3.63, 3.8) is 0 Å². The number of fused-ring (bicyclic) bond motifs is 1. The maximum atomic E-state index is 13.2. The average molecular weight is 444 g/mol. The molecule has 0 bridgehead atoms. The predicted octanol–water partition coefficient (Wildman–Crippen LogP) is 3.81. The normalized spacial score (nSPS) is 16.0. The average Bonchev–Trinajstić information content (AvgIpc) is 3.20. The van der Waals surface area contributed by atoms with Crippen LogP contribution in [0.3, 0.4) is 0 Å². The topological polar surface area (TPSA) is 92.1 Å². The molecule has 3 aromatic rings. The molecule has 0 spiro atoms. The second-order valence-corrected chi connectivity index (χ2v) is 7.26. The Balaban J connectivity index is 1.64. The minimum absolute atomic E-state index is 0.145. The van der Waals surface area contributed by atoms with Crippen LogP contribution < -0.4 is 15.5 Å². The SMILES string of the molecule is CNc1ncccc1C(=O)Nc1cnn2c1C(=O)N(c1ccc(C(F)(F)F)cc1)C[C@@H]2C. The first-order valence-corrected chi connectivity index (χ1v) is 9.71. The van der Waals surface area contributed by atoms with Gasteiger partial charge in [0.15, 0.2) is 5.69 Å². The maximum absolute atomic E-state index is 13.2. The van der Waals surface area contributed by atoms with Gasteiger partial charge in [0.2, 0.25) is 0 Å². The highest BCUT2D eigenvalue weighted by Gasteiger charge is 2.35. The summed E-state index contributed by atoms with van der Waals surface area (Å²) in [6, 6.07) is 7.32. The smallest absolute Gasteiger partial charge is 0.372 e. The Hall–Kier alpha value is -3.89. The summed E-state index contributed by atoms with van der Waals surface area (Å²) in [5.74, 6) is -0.585. The summed E-state index contributed by atoms with van der Waals surface area (Å²) < 4.78 is 40.2. The predicted molar refractivity (Wildman–Crippen MR) is 112 cm³/mol. The number of hydrogen-bond acceptors (Lipinski definition) is 5. The van der Waals surface area contributed by atoms with Crippen LogP contribution in [0.2, 0.25) is 0 Å². The van der Waals surface area contributed by atoms with Crippen LogP contribution >= 0.6 is 0 Å². The highest BCUT2D eigenvalue weighted by molar-refractivity contribution is 6.14. The van der Waals surface area contributed by atoms with Gasteiger partial charge >= 0.3 is 6.18 Å². The zero-order valence-corrected chi connectivity index (χ0v) is 17.1. The van der Waals surface area contributed by atoms with Crippen molar-refractivity contribution in [2.45, 2.75) is 19.1 Å². The molecule has 4 rings (SSSR count). The van der Waals surface area contributed by atoms with Gasteiger partial charge in [-0.25, -0.2) is 4.98 Å². The minimum atomic E-state index is -4.47. The summed E-state index contributed by atoms with van der Waals surface area (Å²) in [4.78, 5) is 31.5. The van der Waals surface area contributed by atoms with Crippen LogP contribution in [-0.4, -0.2) is 40.2 Å². The van der Waals surface area contributed by atoms with Crippen molar-refractivity contribution in [2.75, 3.05) is 29.1 Å². The Morgan fingerprint density at radius 1 is 1.19 bits per heavy atom. The quantitative estimate of drug-likeness (QED) is 0.639. The summed E-state index contributed by atoms with van der Waals surface area (Å²) in [5, 5.41) is 9.75. The number of nitrogens with one attached hydrogen (secondary N) is 2. The standard InChI is InChI=1S/C21H19F3N6O2/c1-12-11-29(14-7-5-13(6-8-14)21(22,23)24)20(32)17-16(10-27-30(12)17)28-19(31)15-4-3-9-26-18(15)25-2/h3-10,12H,11H2,1-2H3,(H,25,26)(H,28,31)/t12-/m0/s1. The fourth-order valence-corrected chi connectivity index (χ4v) is 3.58. The number of carbonyl (C=O) groups excluding carboxylic acids is 2. The molecule has 11 heteroatoms. The number of anilines is 3. The molecule has 2 amide bonds. The Labute approximate surface area is 181 Å². The number of aromatic nitrogens is 3. The van der Waals surface area contributed by atoms with E-state index < -0.39 is 23.6 Å². The van der Waals surface area contributed by atoms with Gasteiger partial charge in [0.25, 0.3) is 11.8 Å². The fourth-order valence-electron chi connectivity index (χ4n) is 3.58. The molecule has 1 aliphatic rings. The first-order valence-electron chi connectivity index (χ1n) is 9.71. The van der Waals surface area contributed by atoms with Gasteiger partial charge in [-0.3, -0.25) is 14.3 Å². The van der Waals surface area contributed by atoms with E-state index in [4.69, 9.17) is 0 Å². The third-order valence-electron chi connectivity index (χ3n) is 5.15. The van der Waals surface area contributed by atoms with Crippen molar-refractivity contribution < 1.29 is 22.8 Å². The molecule has 2 aromatic heterocycles. The molecular formula is C21H19F3N6O2. The van der Waals surface area contributed by atoms with Crippen molar-refractivity contribution in [3.05, 3.63) is 65.6 Å². The molecule has 1 atom stereocenters. The summed E-state index contributed by atoms with van der Waals surface area (Å²) in [6.45, 7) is 2.05. The molecule has 0 aliphatic carbocycles. The fraction of sp³-hybridized carbons (Fsp3) is 0.238. The molecule has 1 aromatic carbocycles.